The van der Waals surface area contributed by atoms with Gasteiger partial charge in [-0.25, -0.2) is 0 Å². The lowest BCUT2D eigenvalue weighted by Crippen LogP contribution is -2.22. The molecule has 3 rings (SSSR count). The lowest BCUT2D eigenvalue weighted by molar-refractivity contribution is 0.340. The molecule has 0 bridgehead atoms. The van der Waals surface area contributed by atoms with Crippen molar-refractivity contribution in [1.29, 1.82) is 0 Å². The van der Waals surface area contributed by atoms with E-state index in [9.17, 15) is 4.79 Å². The SMILES string of the molecule is CCOc1ccc(-c2ccc(CNC3CC3)c(=O)[nH]2)cc1. The summed E-state index contributed by atoms with van der Waals surface area (Å²) in [4.78, 5) is 15.0. The molecule has 21 heavy (non-hydrogen) atoms. The van der Waals surface area contributed by atoms with Gasteiger partial charge in [0, 0.05) is 23.8 Å². The molecule has 4 nitrogen and oxygen atoms in total. The molecule has 2 N–H and O–H groups in total. The first kappa shape index (κ1) is 13.9. The minimum atomic E-state index is -0.0189. The molecule has 0 spiro atoms. The lowest BCUT2D eigenvalue weighted by atomic mass is 10.1. The topological polar surface area (TPSA) is 54.1 Å². The molecular formula is C17H20N2O2. The van der Waals surface area contributed by atoms with Crippen LogP contribution in [0.25, 0.3) is 11.3 Å². The van der Waals surface area contributed by atoms with Crippen LogP contribution >= 0.6 is 0 Å². The van der Waals surface area contributed by atoms with Gasteiger partial charge in [0.05, 0.1) is 6.61 Å². The number of pyridine rings is 1. The zero-order valence-electron chi connectivity index (χ0n) is 12.2. The Labute approximate surface area is 124 Å². The van der Waals surface area contributed by atoms with E-state index in [1.807, 2.05) is 43.3 Å². The summed E-state index contributed by atoms with van der Waals surface area (Å²) in [7, 11) is 0. The van der Waals surface area contributed by atoms with Gasteiger partial charge in [-0.2, -0.15) is 0 Å². The molecule has 1 aliphatic rings. The van der Waals surface area contributed by atoms with Crippen LogP contribution in [0.3, 0.4) is 0 Å². The van der Waals surface area contributed by atoms with Crippen molar-refractivity contribution in [2.45, 2.75) is 32.4 Å². The molecule has 0 atom stereocenters. The van der Waals surface area contributed by atoms with Gasteiger partial charge in [-0.1, -0.05) is 6.07 Å². The van der Waals surface area contributed by atoms with E-state index in [4.69, 9.17) is 4.74 Å². The van der Waals surface area contributed by atoms with E-state index in [-0.39, 0.29) is 5.56 Å². The maximum atomic E-state index is 12.1. The van der Waals surface area contributed by atoms with Crippen molar-refractivity contribution in [2.24, 2.45) is 0 Å². The van der Waals surface area contributed by atoms with Gasteiger partial charge in [-0.3, -0.25) is 4.79 Å². The number of ether oxygens (including phenoxy) is 1. The molecule has 0 unspecified atom stereocenters. The van der Waals surface area contributed by atoms with E-state index in [1.54, 1.807) is 0 Å². The van der Waals surface area contributed by atoms with E-state index < -0.39 is 0 Å². The number of hydrogen-bond acceptors (Lipinski definition) is 3. The van der Waals surface area contributed by atoms with Crippen LogP contribution in [0.2, 0.25) is 0 Å². The number of aromatic amines is 1. The van der Waals surface area contributed by atoms with Crippen LogP contribution in [-0.4, -0.2) is 17.6 Å². The van der Waals surface area contributed by atoms with Gasteiger partial charge in [0.2, 0.25) is 0 Å². The first-order chi connectivity index (χ1) is 10.3. The number of nitrogens with one attached hydrogen (secondary N) is 2. The summed E-state index contributed by atoms with van der Waals surface area (Å²) < 4.78 is 5.42. The summed E-state index contributed by atoms with van der Waals surface area (Å²) >= 11 is 0. The second kappa shape index (κ2) is 6.14. The molecule has 2 aromatic rings. The normalized spacial score (nSPS) is 14.1. The van der Waals surface area contributed by atoms with Gasteiger partial charge in [-0.15, -0.1) is 0 Å². The van der Waals surface area contributed by atoms with E-state index in [0.29, 0.717) is 19.2 Å². The quantitative estimate of drug-likeness (QED) is 0.857. The fourth-order valence-corrected chi connectivity index (χ4v) is 2.25. The molecule has 1 aromatic heterocycles. The fraction of sp³-hybridized carbons (Fsp3) is 0.353. The predicted octanol–water partition coefficient (Wildman–Crippen LogP) is 2.69. The van der Waals surface area contributed by atoms with E-state index >= 15 is 0 Å². The highest BCUT2D eigenvalue weighted by atomic mass is 16.5. The predicted molar refractivity (Wildman–Crippen MR) is 83.5 cm³/mol. The largest absolute Gasteiger partial charge is 0.494 e. The van der Waals surface area contributed by atoms with Crippen LogP contribution in [0.1, 0.15) is 25.3 Å². The highest BCUT2D eigenvalue weighted by Crippen LogP contribution is 2.21. The van der Waals surface area contributed by atoms with E-state index in [1.165, 1.54) is 12.8 Å². The number of benzene rings is 1. The Hall–Kier alpha value is -2.07. The lowest BCUT2D eigenvalue weighted by Gasteiger charge is -2.07. The Morgan fingerprint density at radius 3 is 2.57 bits per heavy atom. The number of H-pyrrole nitrogens is 1. The van der Waals surface area contributed by atoms with Crippen LogP contribution in [0.4, 0.5) is 0 Å². The molecule has 1 saturated carbocycles. The van der Waals surface area contributed by atoms with E-state index in [2.05, 4.69) is 10.3 Å². The molecule has 0 saturated heterocycles. The van der Waals surface area contributed by atoms with Crippen molar-refractivity contribution < 1.29 is 4.74 Å². The van der Waals surface area contributed by atoms with Crippen molar-refractivity contribution in [3.63, 3.8) is 0 Å². The standard InChI is InChI=1S/C17H20N2O2/c1-2-21-15-8-3-12(4-9-15)16-10-5-13(17(20)19-16)11-18-14-6-7-14/h3-5,8-10,14,18H,2,6-7,11H2,1H3,(H,19,20). The Kier molecular flexibility index (Phi) is 4.06. The monoisotopic (exact) mass is 284 g/mol. The highest BCUT2D eigenvalue weighted by molar-refractivity contribution is 5.60. The maximum Gasteiger partial charge on any atom is 0.252 e. The molecule has 110 valence electrons. The Bertz CT molecular complexity index is 657. The third kappa shape index (κ3) is 3.52. The van der Waals surface area contributed by atoms with Crippen molar-refractivity contribution >= 4 is 0 Å². The molecule has 4 heteroatoms. The van der Waals surface area contributed by atoms with Gasteiger partial charge in [0.1, 0.15) is 5.75 Å². The number of hydrogen-bond donors (Lipinski definition) is 2. The Morgan fingerprint density at radius 2 is 1.95 bits per heavy atom. The highest BCUT2D eigenvalue weighted by Gasteiger charge is 2.20. The average molecular weight is 284 g/mol. The van der Waals surface area contributed by atoms with Crippen LogP contribution in [0.5, 0.6) is 5.75 Å². The van der Waals surface area contributed by atoms with E-state index in [0.717, 1.165) is 22.6 Å². The minimum absolute atomic E-state index is 0.0189. The molecular weight excluding hydrogens is 264 g/mol. The molecule has 1 aromatic carbocycles. The summed E-state index contributed by atoms with van der Waals surface area (Å²) in [6.45, 7) is 3.25. The third-order valence-corrected chi connectivity index (χ3v) is 3.63. The zero-order valence-corrected chi connectivity index (χ0v) is 12.2. The summed E-state index contributed by atoms with van der Waals surface area (Å²) in [6.07, 6.45) is 2.45. The van der Waals surface area contributed by atoms with Crippen LogP contribution in [-0.2, 0) is 6.54 Å². The van der Waals surface area contributed by atoms with Gasteiger partial charge in [-0.05, 0) is 55.7 Å². The average Bonchev–Trinajstić information content (AvgIpc) is 3.31. The van der Waals surface area contributed by atoms with Gasteiger partial charge >= 0.3 is 0 Å². The summed E-state index contributed by atoms with van der Waals surface area (Å²) in [5.74, 6) is 0.842. The minimum Gasteiger partial charge on any atom is -0.494 e. The van der Waals surface area contributed by atoms with Crippen LogP contribution < -0.4 is 15.6 Å². The zero-order chi connectivity index (χ0) is 14.7. The van der Waals surface area contributed by atoms with Gasteiger partial charge < -0.3 is 15.0 Å². The van der Waals surface area contributed by atoms with Crippen LogP contribution in [0.15, 0.2) is 41.2 Å². The number of aromatic nitrogens is 1. The van der Waals surface area contributed by atoms with Crippen LogP contribution in [0, 0.1) is 0 Å². The first-order valence-corrected chi connectivity index (χ1v) is 7.45. The second-order valence-electron chi connectivity index (χ2n) is 5.34. The van der Waals surface area contributed by atoms with Crippen molar-refractivity contribution in [3.8, 4) is 17.0 Å². The molecule has 1 aliphatic carbocycles. The summed E-state index contributed by atoms with van der Waals surface area (Å²) in [6, 6.07) is 12.2. The smallest absolute Gasteiger partial charge is 0.252 e. The van der Waals surface area contributed by atoms with Gasteiger partial charge in [0.25, 0.3) is 5.56 Å². The van der Waals surface area contributed by atoms with Crippen molar-refractivity contribution in [1.82, 2.24) is 10.3 Å². The summed E-state index contributed by atoms with van der Waals surface area (Å²) in [5.41, 5.74) is 2.58. The Morgan fingerprint density at radius 1 is 1.19 bits per heavy atom. The molecule has 0 radical (unpaired) electrons. The van der Waals surface area contributed by atoms with Crippen molar-refractivity contribution in [3.05, 3.63) is 52.3 Å². The van der Waals surface area contributed by atoms with Crippen molar-refractivity contribution in [2.75, 3.05) is 6.61 Å². The molecule has 0 aliphatic heterocycles. The fourth-order valence-electron chi connectivity index (χ4n) is 2.25. The summed E-state index contributed by atoms with van der Waals surface area (Å²) in [5, 5.41) is 3.36. The second-order valence-corrected chi connectivity index (χ2v) is 5.34. The molecule has 1 heterocycles. The molecule has 0 amide bonds. The maximum absolute atomic E-state index is 12.1. The number of rotatable bonds is 6. The Balaban J connectivity index is 1.75. The van der Waals surface area contributed by atoms with Gasteiger partial charge in [0.15, 0.2) is 0 Å². The first-order valence-electron chi connectivity index (χ1n) is 7.45. The molecule has 1 fully saturated rings. The third-order valence-electron chi connectivity index (χ3n) is 3.63.